The van der Waals surface area contributed by atoms with Crippen LogP contribution in [0.3, 0.4) is 0 Å². The summed E-state index contributed by atoms with van der Waals surface area (Å²) in [5.41, 5.74) is -0.680. The number of hydrogen-bond donors (Lipinski definition) is 1. The van der Waals surface area contributed by atoms with Crippen LogP contribution >= 0.6 is 0 Å². The van der Waals surface area contributed by atoms with Gasteiger partial charge in [-0.25, -0.2) is 0 Å². The number of ketones is 1. The molecule has 0 spiro atoms. The molecule has 2 unspecified atom stereocenters. The molecule has 0 aliphatic heterocycles. The van der Waals surface area contributed by atoms with Gasteiger partial charge in [-0.3, -0.25) is 9.59 Å². The maximum Gasteiger partial charge on any atom is 0.225 e. The molecule has 2 rings (SSSR count). The van der Waals surface area contributed by atoms with Crippen molar-refractivity contribution < 1.29 is 14.7 Å². The fourth-order valence-corrected chi connectivity index (χ4v) is 3.49. The summed E-state index contributed by atoms with van der Waals surface area (Å²) < 4.78 is 0. The summed E-state index contributed by atoms with van der Waals surface area (Å²) in [6.07, 6.45) is 5.55. The van der Waals surface area contributed by atoms with Crippen molar-refractivity contribution in [1.82, 2.24) is 4.90 Å². The van der Waals surface area contributed by atoms with Crippen molar-refractivity contribution >= 4 is 11.7 Å². The van der Waals surface area contributed by atoms with Gasteiger partial charge in [0.25, 0.3) is 0 Å². The number of aliphatic hydroxyl groups is 1. The largest absolute Gasteiger partial charge is 0.388 e. The fourth-order valence-electron chi connectivity index (χ4n) is 3.49. The van der Waals surface area contributed by atoms with Gasteiger partial charge in [-0.15, -0.1) is 0 Å². The van der Waals surface area contributed by atoms with E-state index < -0.39 is 5.60 Å². The summed E-state index contributed by atoms with van der Waals surface area (Å²) >= 11 is 0. The number of nitrogens with zero attached hydrogens (tertiary/aromatic N) is 1. The molecule has 2 fully saturated rings. The number of Topliss-reactive ketones (excluding diaryl/α,β-unsaturated/α-hetero) is 1. The van der Waals surface area contributed by atoms with Crippen molar-refractivity contribution in [2.24, 2.45) is 11.8 Å². The standard InChI is InChI=1S/C15H25NO3/c1-11-9-12(5-6-13(11)17)14(18)16(2)10-15(19)7-3-4-8-15/h11-12,19H,3-10H2,1-2H3. The Bertz CT molecular complexity index is 360. The van der Waals surface area contributed by atoms with Gasteiger partial charge in [-0.2, -0.15) is 0 Å². The van der Waals surface area contributed by atoms with E-state index in [1.165, 1.54) is 0 Å². The molecule has 108 valence electrons. The molecule has 2 saturated carbocycles. The third-order valence-electron chi connectivity index (χ3n) is 4.72. The van der Waals surface area contributed by atoms with E-state index in [0.717, 1.165) is 25.7 Å². The van der Waals surface area contributed by atoms with Crippen LogP contribution in [0.2, 0.25) is 0 Å². The minimum atomic E-state index is -0.680. The van der Waals surface area contributed by atoms with Crippen molar-refractivity contribution in [2.45, 2.75) is 57.5 Å². The molecule has 1 N–H and O–H groups in total. The van der Waals surface area contributed by atoms with Gasteiger partial charge in [-0.1, -0.05) is 19.8 Å². The second-order valence-corrected chi connectivity index (χ2v) is 6.46. The normalized spacial score (nSPS) is 30.4. The zero-order valence-electron chi connectivity index (χ0n) is 12.0. The highest BCUT2D eigenvalue weighted by Gasteiger charge is 2.36. The lowest BCUT2D eigenvalue weighted by Crippen LogP contribution is -2.45. The quantitative estimate of drug-likeness (QED) is 0.847. The molecule has 0 heterocycles. The summed E-state index contributed by atoms with van der Waals surface area (Å²) in [5, 5.41) is 10.4. The van der Waals surface area contributed by atoms with E-state index in [9.17, 15) is 14.7 Å². The number of rotatable bonds is 3. The summed E-state index contributed by atoms with van der Waals surface area (Å²) in [6.45, 7) is 2.34. The van der Waals surface area contributed by atoms with Crippen LogP contribution in [0.5, 0.6) is 0 Å². The fraction of sp³-hybridized carbons (Fsp3) is 0.867. The molecule has 0 radical (unpaired) electrons. The van der Waals surface area contributed by atoms with Crippen molar-refractivity contribution in [1.29, 1.82) is 0 Å². The zero-order chi connectivity index (χ0) is 14.0. The van der Waals surface area contributed by atoms with Gasteiger partial charge in [0.05, 0.1) is 5.60 Å². The Hall–Kier alpha value is -0.900. The number of likely N-dealkylation sites (N-methyl/N-ethyl adjacent to an activating group) is 1. The molecule has 19 heavy (non-hydrogen) atoms. The van der Waals surface area contributed by atoms with E-state index in [1.54, 1.807) is 11.9 Å². The highest BCUT2D eigenvalue weighted by molar-refractivity contribution is 5.85. The second kappa shape index (κ2) is 5.61. The zero-order valence-corrected chi connectivity index (χ0v) is 12.0. The van der Waals surface area contributed by atoms with Gasteiger partial charge in [0.1, 0.15) is 5.78 Å². The van der Waals surface area contributed by atoms with Crippen LogP contribution in [0, 0.1) is 11.8 Å². The summed E-state index contributed by atoms with van der Waals surface area (Å²) in [5.74, 6) is 0.342. The second-order valence-electron chi connectivity index (χ2n) is 6.46. The third kappa shape index (κ3) is 3.35. The van der Waals surface area contributed by atoms with Crippen LogP contribution in [0.15, 0.2) is 0 Å². The first-order valence-corrected chi connectivity index (χ1v) is 7.41. The van der Waals surface area contributed by atoms with Gasteiger partial charge in [0, 0.05) is 31.8 Å². The third-order valence-corrected chi connectivity index (χ3v) is 4.72. The van der Waals surface area contributed by atoms with Crippen LogP contribution in [-0.2, 0) is 9.59 Å². The van der Waals surface area contributed by atoms with E-state index in [-0.39, 0.29) is 23.5 Å². The topological polar surface area (TPSA) is 57.6 Å². The minimum absolute atomic E-state index is 0.00525. The smallest absolute Gasteiger partial charge is 0.225 e. The van der Waals surface area contributed by atoms with Crippen molar-refractivity contribution in [3.8, 4) is 0 Å². The van der Waals surface area contributed by atoms with Crippen LogP contribution in [0.1, 0.15) is 51.9 Å². The van der Waals surface area contributed by atoms with E-state index in [4.69, 9.17) is 0 Å². The molecular formula is C15H25NO3. The molecule has 2 atom stereocenters. The van der Waals surface area contributed by atoms with E-state index in [2.05, 4.69) is 0 Å². The maximum absolute atomic E-state index is 12.4. The lowest BCUT2D eigenvalue weighted by molar-refractivity contribution is -0.140. The number of amides is 1. The van der Waals surface area contributed by atoms with Gasteiger partial charge >= 0.3 is 0 Å². The molecule has 1 amide bonds. The number of hydrogen-bond acceptors (Lipinski definition) is 3. The van der Waals surface area contributed by atoms with E-state index in [0.29, 0.717) is 25.8 Å². The lowest BCUT2D eigenvalue weighted by atomic mass is 9.80. The average molecular weight is 267 g/mol. The van der Waals surface area contributed by atoms with Gasteiger partial charge < -0.3 is 10.0 Å². The number of carbonyl (C=O) groups is 2. The Balaban J connectivity index is 1.90. The first-order valence-electron chi connectivity index (χ1n) is 7.41. The Morgan fingerprint density at radius 3 is 2.63 bits per heavy atom. The summed E-state index contributed by atoms with van der Waals surface area (Å²) in [6, 6.07) is 0. The highest BCUT2D eigenvalue weighted by atomic mass is 16.3. The molecule has 2 aliphatic carbocycles. The van der Waals surface area contributed by atoms with Gasteiger partial charge in [0.15, 0.2) is 0 Å². The van der Waals surface area contributed by atoms with Crippen molar-refractivity contribution in [3.05, 3.63) is 0 Å². The molecule has 0 aromatic heterocycles. The number of carbonyl (C=O) groups excluding carboxylic acids is 2. The highest BCUT2D eigenvalue weighted by Crippen LogP contribution is 2.32. The van der Waals surface area contributed by atoms with E-state index in [1.807, 2.05) is 6.92 Å². The van der Waals surface area contributed by atoms with Crippen LogP contribution in [-0.4, -0.2) is 40.9 Å². The molecule has 0 aromatic carbocycles. The van der Waals surface area contributed by atoms with Crippen LogP contribution in [0.25, 0.3) is 0 Å². The first kappa shape index (κ1) is 14.5. The Kier molecular flexibility index (Phi) is 4.29. The molecule has 0 bridgehead atoms. The van der Waals surface area contributed by atoms with Crippen LogP contribution in [0.4, 0.5) is 0 Å². The average Bonchev–Trinajstić information content (AvgIpc) is 2.78. The van der Waals surface area contributed by atoms with Crippen LogP contribution < -0.4 is 0 Å². The van der Waals surface area contributed by atoms with E-state index >= 15 is 0 Å². The summed E-state index contributed by atoms with van der Waals surface area (Å²) in [4.78, 5) is 25.6. The Morgan fingerprint density at radius 1 is 1.42 bits per heavy atom. The summed E-state index contributed by atoms with van der Waals surface area (Å²) in [7, 11) is 1.78. The Morgan fingerprint density at radius 2 is 2.05 bits per heavy atom. The molecule has 4 heteroatoms. The monoisotopic (exact) mass is 267 g/mol. The predicted octanol–water partition coefficient (Wildman–Crippen LogP) is 1.76. The lowest BCUT2D eigenvalue weighted by Gasteiger charge is -2.33. The molecule has 2 aliphatic rings. The molecule has 0 aromatic rings. The molecule has 4 nitrogen and oxygen atoms in total. The predicted molar refractivity (Wildman–Crippen MR) is 72.6 cm³/mol. The minimum Gasteiger partial charge on any atom is -0.388 e. The van der Waals surface area contributed by atoms with Gasteiger partial charge in [-0.05, 0) is 25.7 Å². The first-order chi connectivity index (χ1) is 8.91. The maximum atomic E-state index is 12.4. The molecular weight excluding hydrogens is 242 g/mol. The van der Waals surface area contributed by atoms with Gasteiger partial charge in [0.2, 0.25) is 5.91 Å². The Labute approximate surface area is 115 Å². The molecule has 0 saturated heterocycles. The van der Waals surface area contributed by atoms with Crippen molar-refractivity contribution in [3.63, 3.8) is 0 Å². The SMILES string of the molecule is CC1CC(C(=O)N(C)CC2(O)CCCC2)CCC1=O. The van der Waals surface area contributed by atoms with Crippen molar-refractivity contribution in [2.75, 3.05) is 13.6 Å².